The highest BCUT2D eigenvalue weighted by Gasteiger charge is 2.24. The highest BCUT2D eigenvalue weighted by Crippen LogP contribution is 2.26. The highest BCUT2D eigenvalue weighted by molar-refractivity contribution is 5.85. The minimum Gasteiger partial charge on any atom is -0.378 e. The second kappa shape index (κ2) is 12.5. The number of rotatable bonds is 6. The van der Waals surface area contributed by atoms with E-state index < -0.39 is 0 Å². The number of para-hydroxylation sites is 1. The number of anilines is 1. The molecule has 0 spiro atoms. The lowest BCUT2D eigenvalue weighted by Crippen LogP contribution is -2.37. The number of hydrogen-bond donors (Lipinski definition) is 1. The molecule has 3 rings (SSSR count). The summed E-state index contributed by atoms with van der Waals surface area (Å²) in [5.74, 6) is 1.39. The average molecular weight is 432 g/mol. The predicted molar refractivity (Wildman–Crippen MR) is 120 cm³/mol. The first-order chi connectivity index (χ1) is 12.6. The second-order valence-corrected chi connectivity index (χ2v) is 7.75. The van der Waals surface area contributed by atoms with E-state index in [0.717, 1.165) is 39.4 Å². The number of ether oxygens (including phenoxy) is 1. The topological polar surface area (TPSA) is 44.8 Å². The number of benzene rings is 1. The molecule has 7 heteroatoms. The van der Waals surface area contributed by atoms with Gasteiger partial charge in [0.15, 0.2) is 0 Å². The van der Waals surface area contributed by atoms with Gasteiger partial charge in [-0.1, -0.05) is 25.1 Å². The number of halogens is 2. The van der Waals surface area contributed by atoms with E-state index in [4.69, 9.17) is 4.74 Å². The Morgan fingerprint density at radius 3 is 2.54 bits per heavy atom. The van der Waals surface area contributed by atoms with Crippen LogP contribution in [0.15, 0.2) is 24.3 Å². The zero-order valence-electron chi connectivity index (χ0n) is 17.1. The third-order valence-corrected chi connectivity index (χ3v) is 5.86. The SMILES string of the molecule is CC(CC(=O)N(C)Cc1ccccc1N1CCOCC1)C1CCNCC1.Cl.Cl. The van der Waals surface area contributed by atoms with Crippen LogP contribution in [0.2, 0.25) is 0 Å². The monoisotopic (exact) mass is 431 g/mol. The first kappa shape index (κ1) is 25.0. The molecule has 0 aromatic heterocycles. The number of piperidine rings is 1. The molecule has 2 aliphatic heterocycles. The second-order valence-electron chi connectivity index (χ2n) is 7.75. The molecule has 2 aliphatic rings. The molecule has 0 radical (unpaired) electrons. The maximum absolute atomic E-state index is 12.8. The molecular weight excluding hydrogens is 397 g/mol. The molecule has 5 nitrogen and oxygen atoms in total. The molecule has 2 heterocycles. The number of nitrogens with zero attached hydrogens (tertiary/aromatic N) is 2. The fourth-order valence-corrected chi connectivity index (χ4v) is 4.11. The molecule has 0 saturated carbocycles. The third kappa shape index (κ3) is 6.80. The number of amides is 1. The van der Waals surface area contributed by atoms with E-state index in [1.54, 1.807) is 0 Å². The van der Waals surface area contributed by atoms with Crippen LogP contribution in [-0.2, 0) is 16.1 Å². The summed E-state index contributed by atoms with van der Waals surface area (Å²) in [5.41, 5.74) is 2.46. The van der Waals surface area contributed by atoms with E-state index >= 15 is 0 Å². The summed E-state index contributed by atoms with van der Waals surface area (Å²) >= 11 is 0. The quantitative estimate of drug-likeness (QED) is 0.749. The van der Waals surface area contributed by atoms with Gasteiger partial charge in [-0.15, -0.1) is 24.8 Å². The summed E-state index contributed by atoms with van der Waals surface area (Å²) in [4.78, 5) is 17.0. The minimum atomic E-state index is 0. The summed E-state index contributed by atoms with van der Waals surface area (Å²) in [6.45, 7) is 8.48. The molecule has 1 aromatic carbocycles. The van der Waals surface area contributed by atoms with Gasteiger partial charge in [0.05, 0.1) is 13.2 Å². The molecular formula is C21H35Cl2N3O2. The van der Waals surface area contributed by atoms with Gasteiger partial charge in [-0.25, -0.2) is 0 Å². The highest BCUT2D eigenvalue weighted by atomic mass is 35.5. The van der Waals surface area contributed by atoms with E-state index in [2.05, 4.69) is 41.4 Å². The Morgan fingerprint density at radius 1 is 1.21 bits per heavy atom. The van der Waals surface area contributed by atoms with Gasteiger partial charge in [0, 0.05) is 38.8 Å². The van der Waals surface area contributed by atoms with Crippen molar-refractivity contribution in [1.82, 2.24) is 10.2 Å². The molecule has 1 aromatic rings. The molecule has 2 fully saturated rings. The molecule has 160 valence electrons. The Kier molecular flexibility index (Phi) is 11.2. The Hall–Kier alpha value is -1.01. The summed E-state index contributed by atoms with van der Waals surface area (Å²) in [6, 6.07) is 8.45. The smallest absolute Gasteiger partial charge is 0.222 e. The molecule has 2 saturated heterocycles. The normalized spacial score (nSPS) is 18.6. The standard InChI is InChI=1S/C21H33N3O2.2ClH/c1-17(18-7-9-22-10-8-18)15-21(25)23(2)16-19-5-3-4-6-20(19)24-11-13-26-14-12-24;;/h3-6,17-18,22H,7-16H2,1-2H3;2*1H. The van der Waals surface area contributed by atoms with Gasteiger partial charge in [0.1, 0.15) is 0 Å². The minimum absolute atomic E-state index is 0. The molecule has 1 atom stereocenters. The van der Waals surface area contributed by atoms with Crippen LogP contribution >= 0.6 is 24.8 Å². The largest absolute Gasteiger partial charge is 0.378 e. The lowest BCUT2D eigenvalue weighted by molar-refractivity contribution is -0.131. The average Bonchev–Trinajstić information content (AvgIpc) is 2.69. The van der Waals surface area contributed by atoms with Gasteiger partial charge in [-0.2, -0.15) is 0 Å². The van der Waals surface area contributed by atoms with E-state index in [1.807, 2.05) is 11.9 Å². The van der Waals surface area contributed by atoms with E-state index in [-0.39, 0.29) is 30.7 Å². The fraction of sp³-hybridized carbons (Fsp3) is 0.667. The predicted octanol–water partition coefficient (Wildman–Crippen LogP) is 3.35. The Bertz CT molecular complexity index is 591. The van der Waals surface area contributed by atoms with Crippen LogP contribution in [0.3, 0.4) is 0 Å². The molecule has 0 aliphatic carbocycles. The summed E-state index contributed by atoms with van der Waals surface area (Å²) in [5, 5.41) is 3.41. The van der Waals surface area contributed by atoms with Gasteiger partial charge in [0.25, 0.3) is 0 Å². The first-order valence-corrected chi connectivity index (χ1v) is 10.0. The first-order valence-electron chi connectivity index (χ1n) is 10.0. The van der Waals surface area contributed by atoms with Gasteiger partial charge >= 0.3 is 0 Å². The van der Waals surface area contributed by atoms with E-state index in [1.165, 1.54) is 24.1 Å². The van der Waals surface area contributed by atoms with E-state index in [9.17, 15) is 4.79 Å². The third-order valence-electron chi connectivity index (χ3n) is 5.86. The molecule has 0 bridgehead atoms. The maximum atomic E-state index is 12.8. The lowest BCUT2D eigenvalue weighted by Gasteiger charge is -2.32. The van der Waals surface area contributed by atoms with Crippen molar-refractivity contribution in [1.29, 1.82) is 0 Å². The van der Waals surface area contributed by atoms with Crippen molar-refractivity contribution in [3.63, 3.8) is 0 Å². The number of carbonyl (C=O) groups excluding carboxylic acids is 1. The maximum Gasteiger partial charge on any atom is 0.222 e. The molecule has 28 heavy (non-hydrogen) atoms. The molecule has 1 N–H and O–H groups in total. The van der Waals surface area contributed by atoms with Crippen LogP contribution in [0.5, 0.6) is 0 Å². The van der Waals surface area contributed by atoms with Crippen LogP contribution in [0.25, 0.3) is 0 Å². The zero-order chi connectivity index (χ0) is 18.4. The van der Waals surface area contributed by atoms with E-state index in [0.29, 0.717) is 24.8 Å². The van der Waals surface area contributed by atoms with Gasteiger partial charge < -0.3 is 19.9 Å². The van der Waals surface area contributed by atoms with Crippen molar-refractivity contribution in [2.45, 2.75) is 32.7 Å². The fourth-order valence-electron chi connectivity index (χ4n) is 4.11. The number of carbonyl (C=O) groups is 1. The Labute approximate surface area is 182 Å². The van der Waals surface area contributed by atoms with Crippen LogP contribution in [0.1, 0.15) is 31.7 Å². The van der Waals surface area contributed by atoms with Crippen LogP contribution in [-0.4, -0.2) is 57.2 Å². The number of nitrogens with one attached hydrogen (secondary N) is 1. The number of hydrogen-bond acceptors (Lipinski definition) is 4. The van der Waals surface area contributed by atoms with Crippen molar-refractivity contribution in [3.05, 3.63) is 29.8 Å². The Morgan fingerprint density at radius 2 is 1.86 bits per heavy atom. The summed E-state index contributed by atoms with van der Waals surface area (Å²) in [6.07, 6.45) is 3.04. The zero-order valence-corrected chi connectivity index (χ0v) is 18.7. The van der Waals surface area contributed by atoms with Crippen LogP contribution in [0.4, 0.5) is 5.69 Å². The summed E-state index contributed by atoms with van der Waals surface area (Å²) < 4.78 is 5.47. The van der Waals surface area contributed by atoms with Crippen molar-refractivity contribution in [3.8, 4) is 0 Å². The Balaban J connectivity index is 0.00000196. The van der Waals surface area contributed by atoms with Gasteiger partial charge in [0.2, 0.25) is 5.91 Å². The van der Waals surface area contributed by atoms with Crippen molar-refractivity contribution in [2.75, 3.05) is 51.3 Å². The van der Waals surface area contributed by atoms with Gasteiger partial charge in [-0.05, 0) is 49.4 Å². The summed E-state index contributed by atoms with van der Waals surface area (Å²) in [7, 11) is 1.94. The molecule has 1 unspecified atom stereocenters. The lowest BCUT2D eigenvalue weighted by atomic mass is 9.84. The van der Waals surface area contributed by atoms with Crippen molar-refractivity contribution in [2.24, 2.45) is 11.8 Å². The van der Waals surface area contributed by atoms with Crippen molar-refractivity contribution < 1.29 is 9.53 Å². The molecule has 1 amide bonds. The number of morpholine rings is 1. The van der Waals surface area contributed by atoms with Gasteiger partial charge in [-0.3, -0.25) is 4.79 Å². The van der Waals surface area contributed by atoms with Crippen LogP contribution < -0.4 is 10.2 Å². The van der Waals surface area contributed by atoms with Crippen LogP contribution in [0, 0.1) is 11.8 Å². The van der Waals surface area contributed by atoms with Crippen molar-refractivity contribution >= 4 is 36.4 Å².